The lowest BCUT2D eigenvalue weighted by atomic mass is 10.0. The van der Waals surface area contributed by atoms with Crippen LogP contribution >= 0.6 is 0 Å². The minimum atomic E-state index is -3.88. The van der Waals surface area contributed by atoms with Gasteiger partial charge in [0.25, 0.3) is 0 Å². The molecule has 0 aliphatic rings. The minimum absolute atomic E-state index is 0.0788. The molecule has 0 spiro atoms. The molecule has 28 heavy (non-hydrogen) atoms. The molecule has 6 nitrogen and oxygen atoms in total. The second kappa shape index (κ2) is 9.71. The van der Waals surface area contributed by atoms with Crippen molar-refractivity contribution in [2.75, 3.05) is 6.61 Å². The number of hydrogen-bond acceptors (Lipinski definition) is 5. The number of sulfonamides is 1. The number of rotatable bonds is 10. The van der Waals surface area contributed by atoms with E-state index in [1.54, 1.807) is 36.4 Å². The van der Waals surface area contributed by atoms with Gasteiger partial charge in [-0.2, -0.15) is 0 Å². The second-order valence-electron chi connectivity index (χ2n) is 7.16. The van der Waals surface area contributed by atoms with Gasteiger partial charge in [0.1, 0.15) is 5.75 Å². The van der Waals surface area contributed by atoms with Crippen molar-refractivity contribution >= 4 is 16.0 Å². The van der Waals surface area contributed by atoms with E-state index in [0.29, 0.717) is 23.8 Å². The maximum atomic E-state index is 12.6. The van der Waals surface area contributed by atoms with Crippen molar-refractivity contribution in [1.82, 2.24) is 4.72 Å². The molecule has 1 N–H and O–H groups in total. The third-order valence-electron chi connectivity index (χ3n) is 4.25. The number of carboxylic acid groups (broad SMARTS) is 1. The summed E-state index contributed by atoms with van der Waals surface area (Å²) in [7, 11) is -3.88. The molecule has 2 rings (SSSR count). The van der Waals surface area contributed by atoms with Crippen molar-refractivity contribution in [3.63, 3.8) is 0 Å². The van der Waals surface area contributed by atoms with E-state index >= 15 is 0 Å². The van der Waals surface area contributed by atoms with Crippen LogP contribution in [0.15, 0.2) is 53.4 Å². The molecular weight excluding hydrogens is 378 g/mol. The molecule has 0 saturated carbocycles. The number of benzene rings is 2. The molecule has 2 aromatic carbocycles. The van der Waals surface area contributed by atoms with Gasteiger partial charge in [0.2, 0.25) is 10.0 Å². The van der Waals surface area contributed by atoms with E-state index in [4.69, 9.17) is 4.74 Å². The third-order valence-corrected chi connectivity index (χ3v) is 5.73. The van der Waals surface area contributed by atoms with Gasteiger partial charge in [-0.3, -0.25) is 0 Å². The Labute approximate surface area is 166 Å². The molecule has 0 saturated heterocycles. The number of aryl methyl sites for hydroxylation is 1. The molecule has 0 unspecified atom stereocenters. The Kier molecular flexibility index (Phi) is 7.60. The summed E-state index contributed by atoms with van der Waals surface area (Å²) in [5, 5.41) is 11.2. The van der Waals surface area contributed by atoms with E-state index in [0.717, 1.165) is 12.0 Å². The lowest BCUT2D eigenvalue weighted by Gasteiger charge is -2.20. The molecule has 0 heterocycles. The van der Waals surface area contributed by atoms with Gasteiger partial charge in [-0.15, -0.1) is 0 Å². The van der Waals surface area contributed by atoms with Crippen LogP contribution < -0.4 is 14.6 Å². The summed E-state index contributed by atoms with van der Waals surface area (Å²) in [5.41, 5.74) is 1.45. The fourth-order valence-electron chi connectivity index (χ4n) is 2.58. The van der Waals surface area contributed by atoms with Gasteiger partial charge >= 0.3 is 0 Å². The molecule has 0 aromatic heterocycles. The van der Waals surface area contributed by atoms with E-state index in [9.17, 15) is 18.3 Å². The van der Waals surface area contributed by atoms with Crippen LogP contribution in [0.4, 0.5) is 0 Å². The van der Waals surface area contributed by atoms with E-state index in [1.807, 2.05) is 6.92 Å². The highest BCUT2D eigenvalue weighted by Crippen LogP contribution is 2.23. The van der Waals surface area contributed by atoms with Gasteiger partial charge in [-0.05, 0) is 49.1 Å². The highest BCUT2D eigenvalue weighted by Gasteiger charge is 2.21. The van der Waals surface area contributed by atoms with E-state index in [2.05, 4.69) is 18.6 Å². The first-order valence-electron chi connectivity index (χ1n) is 9.19. The first-order chi connectivity index (χ1) is 13.2. The number of hydrogen-bond donors (Lipinski definition) is 1. The zero-order valence-electron chi connectivity index (χ0n) is 16.3. The highest BCUT2D eigenvalue weighted by atomic mass is 32.2. The Morgan fingerprint density at radius 3 is 2.21 bits per heavy atom. The first-order valence-corrected chi connectivity index (χ1v) is 10.7. The monoisotopic (exact) mass is 404 g/mol. The fraction of sp³-hybridized carbons (Fsp3) is 0.381. The zero-order valence-corrected chi connectivity index (χ0v) is 17.2. The normalized spacial score (nSPS) is 12.7. The van der Waals surface area contributed by atoms with Crippen LogP contribution in [0.3, 0.4) is 0 Å². The van der Waals surface area contributed by atoms with Crippen molar-refractivity contribution < 1.29 is 23.1 Å². The maximum absolute atomic E-state index is 12.6. The Bertz CT molecular complexity index is 874. The Morgan fingerprint density at radius 1 is 1.07 bits per heavy atom. The van der Waals surface area contributed by atoms with Crippen LogP contribution in [0.2, 0.25) is 0 Å². The van der Waals surface area contributed by atoms with Gasteiger partial charge in [0.15, 0.2) is 0 Å². The van der Waals surface area contributed by atoms with Crippen LogP contribution in [0.25, 0.3) is 0 Å². The number of carbonyl (C=O) groups excluding carboxylic acids is 1. The maximum Gasteiger partial charge on any atom is 0.241 e. The summed E-state index contributed by atoms with van der Waals surface area (Å²) in [5.74, 6) is -0.158. The van der Waals surface area contributed by atoms with Crippen LogP contribution in [0, 0.1) is 12.8 Å². The van der Waals surface area contributed by atoms with E-state index in [-0.39, 0.29) is 4.90 Å². The average Bonchev–Trinajstić information content (AvgIpc) is 2.61. The summed E-state index contributed by atoms with van der Waals surface area (Å²) >= 11 is 0. The van der Waals surface area contributed by atoms with Crippen molar-refractivity contribution in [1.29, 1.82) is 0 Å². The molecule has 0 aliphatic carbocycles. The van der Waals surface area contributed by atoms with Crippen molar-refractivity contribution in [2.45, 2.75) is 44.6 Å². The van der Waals surface area contributed by atoms with Gasteiger partial charge < -0.3 is 14.6 Å². The summed E-state index contributed by atoms with van der Waals surface area (Å²) < 4.78 is 33.4. The quantitative estimate of drug-likeness (QED) is 0.657. The Morgan fingerprint density at radius 2 is 1.68 bits per heavy atom. The molecule has 0 radical (unpaired) electrons. The molecule has 1 atom stereocenters. The fourth-order valence-corrected chi connectivity index (χ4v) is 3.80. The molecule has 0 amide bonds. The lowest BCUT2D eigenvalue weighted by Crippen LogP contribution is -2.34. The summed E-state index contributed by atoms with van der Waals surface area (Å²) in [6.07, 6.45) is 0.448. The predicted molar refractivity (Wildman–Crippen MR) is 105 cm³/mol. The molecule has 0 bridgehead atoms. The topological polar surface area (TPSA) is 95.5 Å². The number of ether oxygens (including phenoxy) is 1. The van der Waals surface area contributed by atoms with Crippen molar-refractivity contribution in [3.05, 3.63) is 59.7 Å². The number of carboxylic acids is 1. The third kappa shape index (κ3) is 6.65. The van der Waals surface area contributed by atoms with Crippen LogP contribution in [-0.4, -0.2) is 21.0 Å². The number of nitrogens with one attached hydrogen (secondary N) is 1. The van der Waals surface area contributed by atoms with E-state index in [1.165, 1.54) is 12.1 Å². The zero-order chi connectivity index (χ0) is 20.7. The van der Waals surface area contributed by atoms with Gasteiger partial charge in [-0.1, -0.05) is 43.7 Å². The van der Waals surface area contributed by atoms with Crippen LogP contribution in [0.5, 0.6) is 5.75 Å². The summed E-state index contributed by atoms with van der Waals surface area (Å²) in [6, 6.07) is 12.1. The molecular formula is C21H26NO5S-. The van der Waals surface area contributed by atoms with Crippen molar-refractivity contribution in [2.24, 2.45) is 5.92 Å². The largest absolute Gasteiger partial charge is 0.550 e. The SMILES string of the molecule is Cc1ccc(S(=O)(=O)N[C@@H](CC(=O)[O-])c2ccc(OCCC(C)C)cc2)cc1. The Hall–Kier alpha value is -2.38. The second-order valence-corrected chi connectivity index (χ2v) is 8.88. The average molecular weight is 405 g/mol. The van der Waals surface area contributed by atoms with E-state index < -0.39 is 28.5 Å². The molecule has 2 aromatic rings. The first kappa shape index (κ1) is 21.9. The molecule has 7 heteroatoms. The molecule has 0 fully saturated rings. The summed E-state index contributed by atoms with van der Waals surface area (Å²) in [4.78, 5) is 11.2. The number of carbonyl (C=O) groups is 1. The molecule has 0 aliphatic heterocycles. The van der Waals surface area contributed by atoms with Crippen molar-refractivity contribution in [3.8, 4) is 5.75 Å². The van der Waals surface area contributed by atoms with Crippen LogP contribution in [0.1, 0.15) is 43.9 Å². The van der Waals surface area contributed by atoms with Gasteiger partial charge in [0, 0.05) is 12.4 Å². The van der Waals surface area contributed by atoms with Gasteiger partial charge in [-0.25, -0.2) is 13.1 Å². The Balaban J connectivity index is 2.16. The summed E-state index contributed by atoms with van der Waals surface area (Å²) in [6.45, 7) is 6.65. The smallest absolute Gasteiger partial charge is 0.241 e. The number of aliphatic carboxylic acids is 1. The predicted octanol–water partition coefficient (Wildman–Crippen LogP) is 2.58. The van der Waals surface area contributed by atoms with Crippen LogP contribution in [-0.2, 0) is 14.8 Å². The van der Waals surface area contributed by atoms with Gasteiger partial charge in [0.05, 0.1) is 17.5 Å². The molecule has 152 valence electrons. The highest BCUT2D eigenvalue weighted by molar-refractivity contribution is 7.89. The minimum Gasteiger partial charge on any atom is -0.550 e. The lowest BCUT2D eigenvalue weighted by molar-refractivity contribution is -0.306. The standard InChI is InChI=1S/C21H27NO5S/c1-15(2)12-13-27-18-8-6-17(7-9-18)20(14-21(23)24)22-28(25,26)19-10-4-16(3)5-11-19/h4-11,15,20,22H,12-14H2,1-3H3,(H,23,24)/p-1/t20-/m0/s1.